The van der Waals surface area contributed by atoms with E-state index in [1.807, 2.05) is 12.1 Å². The van der Waals surface area contributed by atoms with E-state index in [1.54, 1.807) is 7.11 Å². The molecule has 20 heavy (non-hydrogen) atoms. The fourth-order valence-electron chi connectivity index (χ4n) is 3.48. The quantitative estimate of drug-likeness (QED) is 0.831. The van der Waals surface area contributed by atoms with Gasteiger partial charge in [0.05, 0.1) is 7.11 Å². The molecule has 1 saturated carbocycles. The zero-order chi connectivity index (χ0) is 14.4. The van der Waals surface area contributed by atoms with Crippen molar-refractivity contribution < 1.29 is 4.74 Å². The van der Waals surface area contributed by atoms with Gasteiger partial charge in [-0.2, -0.15) is 0 Å². The highest BCUT2D eigenvalue weighted by Gasteiger charge is 2.38. The highest BCUT2D eigenvalue weighted by molar-refractivity contribution is 5.33. The minimum Gasteiger partial charge on any atom is -0.496 e. The standard InChI is InChI=1S/C17H28N2O/c1-3-12-19(17(14-18)10-6-7-11-17)13-15-8-4-5-9-16(15)20-2/h4-5,8-9H,3,6-7,10-14,18H2,1-2H3. The molecule has 1 fully saturated rings. The molecule has 1 aromatic rings. The van der Waals surface area contributed by atoms with Crippen molar-refractivity contribution in [1.82, 2.24) is 4.90 Å². The molecule has 0 amide bonds. The molecule has 3 nitrogen and oxygen atoms in total. The molecule has 2 N–H and O–H groups in total. The number of rotatable bonds is 7. The molecule has 0 spiro atoms. The summed E-state index contributed by atoms with van der Waals surface area (Å²) in [6.07, 6.45) is 6.25. The second-order valence-electron chi connectivity index (χ2n) is 5.87. The number of methoxy groups -OCH3 is 1. The van der Waals surface area contributed by atoms with Gasteiger partial charge in [0.15, 0.2) is 0 Å². The topological polar surface area (TPSA) is 38.5 Å². The van der Waals surface area contributed by atoms with Crippen LogP contribution in [-0.4, -0.2) is 30.6 Å². The van der Waals surface area contributed by atoms with Crippen LogP contribution in [0.4, 0.5) is 0 Å². The van der Waals surface area contributed by atoms with Gasteiger partial charge in [-0.15, -0.1) is 0 Å². The van der Waals surface area contributed by atoms with E-state index < -0.39 is 0 Å². The van der Waals surface area contributed by atoms with Gasteiger partial charge in [0.1, 0.15) is 5.75 Å². The second kappa shape index (κ2) is 7.09. The normalized spacial score (nSPS) is 17.6. The third-order valence-electron chi connectivity index (χ3n) is 4.63. The minimum absolute atomic E-state index is 0.205. The summed E-state index contributed by atoms with van der Waals surface area (Å²) in [5.41, 5.74) is 7.62. The van der Waals surface area contributed by atoms with Gasteiger partial charge < -0.3 is 10.5 Å². The van der Waals surface area contributed by atoms with Crippen LogP contribution in [-0.2, 0) is 6.54 Å². The maximum Gasteiger partial charge on any atom is 0.123 e. The molecule has 1 aliphatic rings. The van der Waals surface area contributed by atoms with E-state index in [0.717, 1.165) is 31.8 Å². The number of para-hydroxylation sites is 1. The summed E-state index contributed by atoms with van der Waals surface area (Å²) in [6.45, 7) is 5.06. The first-order chi connectivity index (χ1) is 9.75. The van der Waals surface area contributed by atoms with Gasteiger partial charge in [0.2, 0.25) is 0 Å². The molecule has 0 heterocycles. The number of hydrogen-bond acceptors (Lipinski definition) is 3. The minimum atomic E-state index is 0.205. The Labute approximate surface area is 123 Å². The number of nitrogens with two attached hydrogens (primary N) is 1. The molecule has 0 radical (unpaired) electrons. The fraction of sp³-hybridized carbons (Fsp3) is 0.647. The number of nitrogens with zero attached hydrogens (tertiary/aromatic N) is 1. The van der Waals surface area contributed by atoms with Crippen molar-refractivity contribution in [2.45, 2.75) is 51.1 Å². The average molecular weight is 276 g/mol. The molecule has 1 aliphatic carbocycles. The average Bonchev–Trinajstić information content (AvgIpc) is 2.97. The van der Waals surface area contributed by atoms with Crippen LogP contribution in [0, 0.1) is 0 Å². The van der Waals surface area contributed by atoms with Crippen LogP contribution in [0.2, 0.25) is 0 Å². The van der Waals surface area contributed by atoms with E-state index in [9.17, 15) is 0 Å². The van der Waals surface area contributed by atoms with Crippen LogP contribution in [0.25, 0.3) is 0 Å². The predicted octanol–water partition coefficient (Wildman–Crippen LogP) is 3.18. The van der Waals surface area contributed by atoms with Crippen LogP contribution >= 0.6 is 0 Å². The SMILES string of the molecule is CCCN(Cc1ccccc1OC)C1(CN)CCCC1. The molecule has 0 saturated heterocycles. The van der Waals surface area contributed by atoms with Crippen LogP contribution in [0.3, 0.4) is 0 Å². The lowest BCUT2D eigenvalue weighted by molar-refractivity contribution is 0.0894. The van der Waals surface area contributed by atoms with Gasteiger partial charge in [0, 0.05) is 24.2 Å². The summed E-state index contributed by atoms with van der Waals surface area (Å²) in [5, 5.41) is 0. The van der Waals surface area contributed by atoms with Gasteiger partial charge in [-0.3, -0.25) is 4.90 Å². The van der Waals surface area contributed by atoms with Crippen molar-refractivity contribution in [3.8, 4) is 5.75 Å². The lowest BCUT2D eigenvalue weighted by Gasteiger charge is -2.41. The summed E-state index contributed by atoms with van der Waals surface area (Å²) < 4.78 is 5.50. The van der Waals surface area contributed by atoms with Gasteiger partial charge in [0.25, 0.3) is 0 Å². The van der Waals surface area contributed by atoms with E-state index in [4.69, 9.17) is 10.5 Å². The van der Waals surface area contributed by atoms with Gasteiger partial charge >= 0.3 is 0 Å². The number of ether oxygens (including phenoxy) is 1. The van der Waals surface area contributed by atoms with E-state index >= 15 is 0 Å². The first-order valence-electron chi connectivity index (χ1n) is 7.83. The molecule has 0 unspecified atom stereocenters. The Hall–Kier alpha value is -1.06. The number of hydrogen-bond donors (Lipinski definition) is 1. The largest absolute Gasteiger partial charge is 0.496 e. The molecule has 0 aliphatic heterocycles. The highest BCUT2D eigenvalue weighted by atomic mass is 16.5. The molecule has 0 atom stereocenters. The van der Waals surface area contributed by atoms with Gasteiger partial charge in [-0.25, -0.2) is 0 Å². The predicted molar refractivity (Wildman–Crippen MR) is 83.9 cm³/mol. The fourth-order valence-corrected chi connectivity index (χ4v) is 3.48. The van der Waals surface area contributed by atoms with Crippen molar-refractivity contribution in [2.75, 3.05) is 20.2 Å². The molecule has 3 heteroatoms. The lowest BCUT2D eigenvalue weighted by atomic mass is 9.94. The lowest BCUT2D eigenvalue weighted by Crippen LogP contribution is -2.51. The van der Waals surface area contributed by atoms with Crippen molar-refractivity contribution in [2.24, 2.45) is 5.73 Å². The Morgan fingerprint density at radius 3 is 2.55 bits per heavy atom. The van der Waals surface area contributed by atoms with E-state index in [0.29, 0.717) is 0 Å². The Balaban J connectivity index is 2.20. The summed E-state index contributed by atoms with van der Waals surface area (Å²) in [5.74, 6) is 0.985. The van der Waals surface area contributed by atoms with Crippen molar-refractivity contribution in [3.63, 3.8) is 0 Å². The van der Waals surface area contributed by atoms with Crippen LogP contribution in [0.5, 0.6) is 5.75 Å². The Kier molecular flexibility index (Phi) is 5.44. The summed E-state index contributed by atoms with van der Waals surface area (Å²) in [6, 6.07) is 8.33. The van der Waals surface area contributed by atoms with Crippen LogP contribution in [0.15, 0.2) is 24.3 Å². The summed E-state index contributed by atoms with van der Waals surface area (Å²) in [4.78, 5) is 2.60. The van der Waals surface area contributed by atoms with Crippen molar-refractivity contribution in [3.05, 3.63) is 29.8 Å². The third kappa shape index (κ3) is 3.15. The summed E-state index contributed by atoms with van der Waals surface area (Å²) in [7, 11) is 1.75. The van der Waals surface area contributed by atoms with E-state index in [2.05, 4.69) is 24.0 Å². The van der Waals surface area contributed by atoms with Crippen LogP contribution in [0.1, 0.15) is 44.6 Å². The zero-order valence-electron chi connectivity index (χ0n) is 12.9. The molecule has 2 rings (SSSR count). The molecular weight excluding hydrogens is 248 g/mol. The summed E-state index contributed by atoms with van der Waals surface area (Å²) >= 11 is 0. The van der Waals surface area contributed by atoms with E-state index in [-0.39, 0.29) is 5.54 Å². The van der Waals surface area contributed by atoms with Crippen molar-refractivity contribution >= 4 is 0 Å². The maximum absolute atomic E-state index is 6.15. The maximum atomic E-state index is 6.15. The van der Waals surface area contributed by atoms with E-state index in [1.165, 1.54) is 31.2 Å². The highest BCUT2D eigenvalue weighted by Crippen LogP contribution is 2.36. The van der Waals surface area contributed by atoms with Gasteiger partial charge in [-0.05, 0) is 31.9 Å². The Bertz CT molecular complexity index is 413. The molecule has 112 valence electrons. The molecule has 1 aromatic carbocycles. The Morgan fingerprint density at radius 1 is 1.25 bits per heavy atom. The number of benzene rings is 1. The Morgan fingerprint density at radius 2 is 1.95 bits per heavy atom. The first-order valence-corrected chi connectivity index (χ1v) is 7.83. The zero-order valence-corrected chi connectivity index (χ0v) is 12.9. The van der Waals surface area contributed by atoms with Gasteiger partial charge in [-0.1, -0.05) is 38.0 Å². The third-order valence-corrected chi connectivity index (χ3v) is 4.63. The first kappa shape index (κ1) is 15.3. The van der Waals surface area contributed by atoms with Crippen LogP contribution < -0.4 is 10.5 Å². The molecular formula is C17H28N2O. The monoisotopic (exact) mass is 276 g/mol. The second-order valence-corrected chi connectivity index (χ2v) is 5.87. The smallest absolute Gasteiger partial charge is 0.123 e. The molecule has 0 bridgehead atoms. The van der Waals surface area contributed by atoms with Crippen molar-refractivity contribution in [1.29, 1.82) is 0 Å². The molecule has 0 aromatic heterocycles.